The van der Waals surface area contributed by atoms with Gasteiger partial charge in [0.05, 0.1) is 24.2 Å². The Morgan fingerprint density at radius 1 is 1.05 bits per heavy atom. The molecule has 0 aromatic heterocycles. The van der Waals surface area contributed by atoms with Gasteiger partial charge in [-0.2, -0.15) is 12.6 Å². The minimum Gasteiger partial charge on any atom is -0.458 e. The van der Waals surface area contributed by atoms with Crippen LogP contribution in [0.1, 0.15) is 65.7 Å². The Hall–Kier alpha value is -1.13. The van der Waals surface area contributed by atoms with Gasteiger partial charge in [-0.15, -0.1) is 0 Å². The van der Waals surface area contributed by atoms with E-state index in [1.165, 1.54) is 12.5 Å². The quantitative estimate of drug-likeness (QED) is 0.0892. The van der Waals surface area contributed by atoms with Crippen molar-refractivity contribution in [3.63, 3.8) is 0 Å². The lowest BCUT2D eigenvalue weighted by molar-refractivity contribution is -0.226. The number of hydrogen-bond donors (Lipinski definition) is 5. The van der Waals surface area contributed by atoms with E-state index >= 15 is 0 Å². The molecule has 0 aliphatic heterocycles. The van der Waals surface area contributed by atoms with Crippen LogP contribution in [0.4, 0.5) is 0 Å². The summed E-state index contributed by atoms with van der Waals surface area (Å²) in [6.45, 7) is 4.24. The highest BCUT2D eigenvalue weighted by Crippen LogP contribution is 2.80. The maximum Gasteiger partial charge on any atom is 0.333 e. The van der Waals surface area contributed by atoms with Crippen LogP contribution in [0.15, 0.2) is 23.3 Å². The summed E-state index contributed by atoms with van der Waals surface area (Å²) in [6, 6.07) is 0. The van der Waals surface area contributed by atoms with E-state index in [9.17, 15) is 30.0 Å². The molecule has 4 saturated carbocycles. The number of aliphatic hydroxyl groups excluding tert-OH is 4. The Morgan fingerprint density at radius 2 is 1.73 bits per heavy atom. The number of esters is 2. The summed E-state index contributed by atoms with van der Waals surface area (Å²) in [6.07, 6.45) is 5.30. The highest BCUT2D eigenvalue weighted by atomic mass is 32.1. The molecule has 0 amide bonds. The van der Waals surface area contributed by atoms with E-state index in [0.717, 1.165) is 25.7 Å². The molecule has 13 heteroatoms. The van der Waals surface area contributed by atoms with Crippen LogP contribution in [0.2, 0.25) is 15.9 Å². The SMILES string of the molecule is B[C@]12CC[C@H](O)[C@H](CO)C1CC[C@]1(B)C2CC=C2C3C[C@@](B)(S)[C@@H](OC(=O)/C(C)=C\C)[C@H](OC(C)=O)[C@]3(CO)[C@H](O)C[C@]21B. The average Bonchev–Trinajstić information content (AvgIpc) is 2.95. The highest BCUT2D eigenvalue weighted by Gasteiger charge is 2.72. The molecule has 0 aromatic carbocycles. The maximum absolute atomic E-state index is 13.1. The maximum atomic E-state index is 13.1. The lowest BCUT2D eigenvalue weighted by Gasteiger charge is -2.72. The third kappa shape index (κ3) is 4.68. The normalized spacial score (nSPS) is 50.2. The minimum atomic E-state index is -1.28. The fourth-order valence-electron chi connectivity index (χ4n) is 11.2. The Balaban J connectivity index is 1.62. The number of aliphatic hydroxyl groups is 4. The number of hydrogen-bond acceptors (Lipinski definition) is 9. The van der Waals surface area contributed by atoms with Crippen molar-refractivity contribution in [3.05, 3.63) is 23.3 Å². The van der Waals surface area contributed by atoms with Crippen molar-refractivity contribution < 1.29 is 39.5 Å². The van der Waals surface area contributed by atoms with Crippen molar-refractivity contribution in [3.8, 4) is 0 Å². The van der Waals surface area contributed by atoms with Gasteiger partial charge < -0.3 is 29.9 Å². The van der Waals surface area contributed by atoms with Crippen LogP contribution in [0.3, 0.4) is 0 Å². The fraction of sp³-hybridized carbons (Fsp3) is 0.806. The zero-order chi connectivity index (χ0) is 32.6. The molecule has 5 rings (SSSR count). The molecule has 0 spiro atoms. The van der Waals surface area contributed by atoms with Crippen LogP contribution in [-0.2, 0) is 19.1 Å². The summed E-state index contributed by atoms with van der Waals surface area (Å²) in [5.74, 6) is -1.12. The first-order valence-electron chi connectivity index (χ1n) is 16.5. The molecule has 0 heterocycles. The summed E-state index contributed by atoms with van der Waals surface area (Å²) in [7, 11) is 8.86. The number of rotatable bonds is 5. The molecule has 44 heavy (non-hydrogen) atoms. The Bertz CT molecular complexity index is 1250. The first kappa shape index (κ1) is 34.2. The average molecular weight is 626 g/mol. The molecular weight excluding hydrogens is 576 g/mol. The van der Waals surface area contributed by atoms with E-state index in [-0.39, 0.29) is 40.9 Å². The van der Waals surface area contributed by atoms with E-state index in [0.29, 0.717) is 24.8 Å². The lowest BCUT2D eigenvalue weighted by Crippen LogP contribution is -2.72. The van der Waals surface area contributed by atoms with E-state index < -0.39 is 58.3 Å². The molecule has 0 saturated heterocycles. The first-order chi connectivity index (χ1) is 20.5. The van der Waals surface area contributed by atoms with Gasteiger partial charge in [-0.25, -0.2) is 4.79 Å². The topological polar surface area (TPSA) is 134 Å². The third-order valence-corrected chi connectivity index (χ3v) is 14.3. The molecule has 3 unspecified atom stereocenters. The van der Waals surface area contributed by atoms with Crippen LogP contribution in [0.5, 0.6) is 0 Å². The largest absolute Gasteiger partial charge is 0.458 e. The van der Waals surface area contributed by atoms with Gasteiger partial charge in [0, 0.05) is 29.7 Å². The van der Waals surface area contributed by atoms with Crippen molar-refractivity contribution in [1.82, 2.24) is 0 Å². The standard InChI is InChI=1S/C31H50B4O8S/c1-4-15(2)26(41)43-25-24(42-16(3)38)27(14-37)20(11-31(25,35)44)19-5-6-22-28(32)9-8-21(39)17(13-36)18(28)7-10-29(22,33)30(19,34)12-23(27)40/h4-5,17-18,20-25,36-37,39-40,44H,6-14,32-35H2,1-3H3/b15-4-/t17-,18?,20?,21+,22?,23-,24+,25+,27+,28-,29+,30+,31-/m1/s1. The van der Waals surface area contributed by atoms with E-state index in [1.807, 2.05) is 7.85 Å². The van der Waals surface area contributed by atoms with Gasteiger partial charge in [-0.05, 0) is 62.6 Å². The molecule has 8 nitrogen and oxygen atoms in total. The van der Waals surface area contributed by atoms with Gasteiger partial charge in [-0.1, -0.05) is 47.6 Å². The van der Waals surface area contributed by atoms with E-state index in [1.54, 1.807) is 19.9 Å². The molecule has 240 valence electrons. The summed E-state index contributed by atoms with van der Waals surface area (Å²) in [4.78, 5) is 25.7. The number of fused-ring (bicyclic) bond motifs is 7. The van der Waals surface area contributed by atoms with Crippen molar-refractivity contribution >= 4 is 56.0 Å². The minimum absolute atomic E-state index is 0.0135. The molecule has 0 radical (unpaired) electrons. The Labute approximate surface area is 271 Å². The molecule has 5 aliphatic carbocycles. The third-order valence-electron chi connectivity index (χ3n) is 13.9. The molecule has 13 atom stereocenters. The summed E-state index contributed by atoms with van der Waals surface area (Å²) in [5.41, 5.74) is 0.290. The summed E-state index contributed by atoms with van der Waals surface area (Å²) >= 11 is 5.06. The molecule has 0 aromatic rings. The Morgan fingerprint density at radius 3 is 2.32 bits per heavy atom. The lowest BCUT2D eigenvalue weighted by atomic mass is 9.23. The first-order valence-corrected chi connectivity index (χ1v) is 16.9. The molecule has 4 fully saturated rings. The second-order valence-corrected chi connectivity index (χ2v) is 16.8. The summed E-state index contributed by atoms with van der Waals surface area (Å²) in [5, 5.41) is 44.0. The van der Waals surface area contributed by atoms with Crippen LogP contribution in [-0.4, -0.2) is 106 Å². The van der Waals surface area contributed by atoms with Crippen molar-refractivity contribution in [2.45, 2.75) is 111 Å². The molecule has 5 aliphatic rings. The predicted molar refractivity (Wildman–Crippen MR) is 182 cm³/mol. The fourth-order valence-corrected chi connectivity index (χ4v) is 11.5. The highest BCUT2D eigenvalue weighted by molar-refractivity contribution is 7.83. The monoisotopic (exact) mass is 626 g/mol. The zero-order valence-corrected chi connectivity index (χ0v) is 28.4. The summed E-state index contributed by atoms with van der Waals surface area (Å²) < 4.78 is 11.1. The van der Waals surface area contributed by atoms with Crippen LogP contribution in [0, 0.1) is 29.1 Å². The van der Waals surface area contributed by atoms with Gasteiger partial charge in [-0.3, -0.25) is 4.79 Å². The zero-order valence-electron chi connectivity index (χ0n) is 27.5. The van der Waals surface area contributed by atoms with E-state index in [2.05, 4.69) is 29.6 Å². The number of thiol groups is 1. The van der Waals surface area contributed by atoms with Gasteiger partial charge in [0.15, 0.2) is 6.10 Å². The van der Waals surface area contributed by atoms with Crippen LogP contribution >= 0.6 is 12.6 Å². The van der Waals surface area contributed by atoms with E-state index in [4.69, 9.17) is 22.1 Å². The smallest absolute Gasteiger partial charge is 0.333 e. The second kappa shape index (κ2) is 11.5. The van der Waals surface area contributed by atoms with Crippen molar-refractivity contribution in [2.24, 2.45) is 29.1 Å². The van der Waals surface area contributed by atoms with Gasteiger partial charge in [0.25, 0.3) is 0 Å². The van der Waals surface area contributed by atoms with Crippen molar-refractivity contribution in [2.75, 3.05) is 13.2 Å². The molecule has 0 bridgehead atoms. The van der Waals surface area contributed by atoms with Crippen molar-refractivity contribution in [1.29, 1.82) is 0 Å². The van der Waals surface area contributed by atoms with Crippen LogP contribution < -0.4 is 0 Å². The van der Waals surface area contributed by atoms with Crippen LogP contribution in [0.25, 0.3) is 0 Å². The number of ether oxygens (including phenoxy) is 2. The second-order valence-electron chi connectivity index (χ2n) is 15.7. The van der Waals surface area contributed by atoms with Gasteiger partial charge >= 0.3 is 11.9 Å². The molecular formula is C31H50B4O8S. The Kier molecular flexibility index (Phi) is 8.97. The van der Waals surface area contributed by atoms with Gasteiger partial charge in [0.2, 0.25) is 0 Å². The number of carbonyl (C=O) groups excluding carboxylic acids is 2. The predicted octanol–water partition coefficient (Wildman–Crippen LogP) is -0.687. The number of allylic oxidation sites excluding steroid dienone is 3. The number of carbonyl (C=O) groups is 2. The molecule has 4 N–H and O–H groups in total. The van der Waals surface area contributed by atoms with Gasteiger partial charge in [0.1, 0.15) is 37.5 Å².